The SMILES string of the molecule is CCCCCCCCOc1ccc(CCC=CC2CCC(CCCCC)CC2)cc1. The Kier molecular flexibility index (Phi) is 13.7. The number of allylic oxidation sites excluding steroid dienone is 2. The first-order chi connectivity index (χ1) is 14.8. The first kappa shape index (κ1) is 25.0. The normalized spacial score (nSPS) is 19.4. The number of unbranched alkanes of at least 4 members (excludes halogenated alkanes) is 7. The molecule has 1 aliphatic carbocycles. The molecular formula is C29H48O. The topological polar surface area (TPSA) is 9.23 Å². The van der Waals surface area contributed by atoms with Gasteiger partial charge in [-0.15, -0.1) is 0 Å². The summed E-state index contributed by atoms with van der Waals surface area (Å²) in [6.45, 7) is 5.43. The van der Waals surface area contributed by atoms with Crippen LogP contribution >= 0.6 is 0 Å². The Morgan fingerprint density at radius 2 is 1.47 bits per heavy atom. The smallest absolute Gasteiger partial charge is 0.119 e. The minimum absolute atomic E-state index is 0.838. The second-order valence-electron chi connectivity index (χ2n) is 9.50. The van der Waals surface area contributed by atoms with Crippen LogP contribution in [0.1, 0.15) is 116 Å². The van der Waals surface area contributed by atoms with Gasteiger partial charge in [0.2, 0.25) is 0 Å². The maximum atomic E-state index is 5.90. The highest BCUT2D eigenvalue weighted by Gasteiger charge is 2.18. The Morgan fingerprint density at radius 3 is 2.20 bits per heavy atom. The lowest BCUT2D eigenvalue weighted by molar-refractivity contribution is 0.289. The first-order valence-electron chi connectivity index (χ1n) is 13.2. The number of hydrogen-bond acceptors (Lipinski definition) is 1. The minimum Gasteiger partial charge on any atom is -0.494 e. The van der Waals surface area contributed by atoms with E-state index in [1.165, 1.54) is 95.5 Å². The van der Waals surface area contributed by atoms with Crippen molar-refractivity contribution < 1.29 is 4.74 Å². The van der Waals surface area contributed by atoms with Crippen molar-refractivity contribution in [2.24, 2.45) is 11.8 Å². The van der Waals surface area contributed by atoms with E-state index in [0.717, 1.165) is 37.0 Å². The quantitative estimate of drug-likeness (QED) is 0.194. The van der Waals surface area contributed by atoms with Gasteiger partial charge in [-0.2, -0.15) is 0 Å². The number of benzene rings is 1. The number of ether oxygens (including phenoxy) is 1. The Labute approximate surface area is 187 Å². The van der Waals surface area contributed by atoms with Gasteiger partial charge in [0.25, 0.3) is 0 Å². The molecule has 0 spiro atoms. The molecule has 1 fully saturated rings. The maximum absolute atomic E-state index is 5.90. The molecule has 0 N–H and O–H groups in total. The lowest BCUT2D eigenvalue weighted by Gasteiger charge is -2.26. The van der Waals surface area contributed by atoms with E-state index in [0.29, 0.717) is 0 Å². The third kappa shape index (κ3) is 11.2. The molecule has 1 saturated carbocycles. The largest absolute Gasteiger partial charge is 0.494 e. The van der Waals surface area contributed by atoms with Gasteiger partial charge in [0.1, 0.15) is 5.75 Å². The van der Waals surface area contributed by atoms with E-state index < -0.39 is 0 Å². The van der Waals surface area contributed by atoms with Crippen LogP contribution in [0.3, 0.4) is 0 Å². The molecule has 0 aromatic heterocycles. The molecule has 170 valence electrons. The molecule has 1 nitrogen and oxygen atoms in total. The Morgan fingerprint density at radius 1 is 0.800 bits per heavy atom. The minimum atomic E-state index is 0.838. The van der Waals surface area contributed by atoms with E-state index in [2.05, 4.69) is 50.3 Å². The summed E-state index contributed by atoms with van der Waals surface area (Å²) >= 11 is 0. The molecule has 0 radical (unpaired) electrons. The molecular weight excluding hydrogens is 364 g/mol. The average molecular weight is 413 g/mol. The van der Waals surface area contributed by atoms with Crippen molar-refractivity contribution in [3.8, 4) is 5.75 Å². The Bertz CT molecular complexity index is 536. The van der Waals surface area contributed by atoms with Gasteiger partial charge < -0.3 is 4.74 Å². The second-order valence-corrected chi connectivity index (χ2v) is 9.50. The predicted octanol–water partition coefficient (Wildman–Crippen LogP) is 9.30. The van der Waals surface area contributed by atoms with Gasteiger partial charge in [-0.3, -0.25) is 0 Å². The van der Waals surface area contributed by atoms with Crippen molar-refractivity contribution in [3.63, 3.8) is 0 Å². The molecule has 2 rings (SSSR count). The summed E-state index contributed by atoms with van der Waals surface area (Å²) in [7, 11) is 0. The zero-order valence-corrected chi connectivity index (χ0v) is 20.0. The van der Waals surface area contributed by atoms with Gasteiger partial charge in [-0.25, -0.2) is 0 Å². The number of rotatable bonds is 16. The lowest BCUT2D eigenvalue weighted by Crippen LogP contribution is -2.13. The highest BCUT2D eigenvalue weighted by molar-refractivity contribution is 5.27. The van der Waals surface area contributed by atoms with Crippen LogP contribution in [0.15, 0.2) is 36.4 Å². The van der Waals surface area contributed by atoms with Crippen molar-refractivity contribution in [1.29, 1.82) is 0 Å². The van der Waals surface area contributed by atoms with Gasteiger partial charge in [0, 0.05) is 0 Å². The Hall–Kier alpha value is -1.24. The molecule has 1 aromatic carbocycles. The molecule has 30 heavy (non-hydrogen) atoms. The first-order valence-corrected chi connectivity index (χ1v) is 13.2. The second kappa shape index (κ2) is 16.5. The van der Waals surface area contributed by atoms with Crippen LogP contribution in [0, 0.1) is 11.8 Å². The van der Waals surface area contributed by atoms with E-state index >= 15 is 0 Å². The fourth-order valence-electron chi connectivity index (χ4n) is 4.72. The maximum Gasteiger partial charge on any atom is 0.119 e. The molecule has 0 heterocycles. The molecule has 0 amide bonds. The van der Waals surface area contributed by atoms with Crippen molar-refractivity contribution in [2.45, 2.75) is 117 Å². The fraction of sp³-hybridized carbons (Fsp3) is 0.724. The average Bonchev–Trinajstić information content (AvgIpc) is 2.78. The summed E-state index contributed by atoms with van der Waals surface area (Å²) in [5.74, 6) is 2.88. The van der Waals surface area contributed by atoms with Crippen molar-refractivity contribution in [2.75, 3.05) is 6.61 Å². The third-order valence-corrected chi connectivity index (χ3v) is 6.81. The lowest BCUT2D eigenvalue weighted by atomic mass is 9.79. The van der Waals surface area contributed by atoms with Crippen LogP contribution < -0.4 is 4.74 Å². The number of hydrogen-bond donors (Lipinski definition) is 0. The molecule has 1 aromatic rings. The number of aryl methyl sites for hydroxylation is 1. The van der Waals surface area contributed by atoms with E-state index in [-0.39, 0.29) is 0 Å². The highest BCUT2D eigenvalue weighted by atomic mass is 16.5. The monoisotopic (exact) mass is 412 g/mol. The summed E-state index contributed by atoms with van der Waals surface area (Å²) in [5, 5.41) is 0. The van der Waals surface area contributed by atoms with Gasteiger partial charge >= 0.3 is 0 Å². The van der Waals surface area contributed by atoms with Crippen LogP contribution in [0.4, 0.5) is 0 Å². The van der Waals surface area contributed by atoms with Crippen LogP contribution in [0.25, 0.3) is 0 Å². The summed E-state index contributed by atoms with van der Waals surface area (Å²) < 4.78 is 5.90. The van der Waals surface area contributed by atoms with Crippen LogP contribution in [0.2, 0.25) is 0 Å². The molecule has 1 heteroatoms. The summed E-state index contributed by atoms with van der Waals surface area (Å²) in [6.07, 6.45) is 26.6. The molecule has 0 bridgehead atoms. The van der Waals surface area contributed by atoms with Crippen molar-refractivity contribution in [3.05, 3.63) is 42.0 Å². The Balaban J connectivity index is 1.53. The third-order valence-electron chi connectivity index (χ3n) is 6.81. The van der Waals surface area contributed by atoms with Crippen LogP contribution in [-0.2, 0) is 6.42 Å². The van der Waals surface area contributed by atoms with Crippen LogP contribution in [0.5, 0.6) is 5.75 Å². The fourth-order valence-corrected chi connectivity index (χ4v) is 4.72. The molecule has 0 atom stereocenters. The molecule has 0 aliphatic heterocycles. The van der Waals surface area contributed by atoms with Gasteiger partial charge in [0.15, 0.2) is 0 Å². The van der Waals surface area contributed by atoms with Crippen molar-refractivity contribution >= 4 is 0 Å². The summed E-state index contributed by atoms with van der Waals surface area (Å²) in [6, 6.07) is 8.78. The zero-order chi connectivity index (χ0) is 21.3. The van der Waals surface area contributed by atoms with E-state index in [4.69, 9.17) is 4.74 Å². The van der Waals surface area contributed by atoms with E-state index in [1.54, 1.807) is 0 Å². The van der Waals surface area contributed by atoms with Gasteiger partial charge in [-0.1, -0.05) is 95.9 Å². The molecule has 0 unspecified atom stereocenters. The van der Waals surface area contributed by atoms with E-state index in [9.17, 15) is 0 Å². The molecule has 0 saturated heterocycles. The van der Waals surface area contributed by atoms with Gasteiger partial charge in [0.05, 0.1) is 6.61 Å². The highest BCUT2D eigenvalue weighted by Crippen LogP contribution is 2.32. The predicted molar refractivity (Wildman–Crippen MR) is 132 cm³/mol. The molecule has 1 aliphatic rings. The van der Waals surface area contributed by atoms with E-state index in [1.807, 2.05) is 0 Å². The van der Waals surface area contributed by atoms with Gasteiger partial charge in [-0.05, 0) is 74.5 Å². The van der Waals surface area contributed by atoms with Crippen LogP contribution in [-0.4, -0.2) is 6.61 Å². The summed E-state index contributed by atoms with van der Waals surface area (Å²) in [4.78, 5) is 0. The van der Waals surface area contributed by atoms with Crippen molar-refractivity contribution in [1.82, 2.24) is 0 Å². The zero-order valence-electron chi connectivity index (χ0n) is 20.0. The summed E-state index contributed by atoms with van der Waals surface area (Å²) in [5.41, 5.74) is 1.42. The standard InChI is InChI=1S/C29H48O/c1-3-5-7-8-9-13-25-30-29-23-21-28(22-24-29)16-12-11-15-27-19-17-26(18-20-27)14-10-6-4-2/h11,15,21-24,26-27H,3-10,12-14,16-20,25H2,1-2H3.